The normalized spacial score (nSPS) is 10.1. The second-order valence-corrected chi connectivity index (χ2v) is 3.29. The minimum absolute atomic E-state index is 0.169. The minimum atomic E-state index is -0.336. The summed E-state index contributed by atoms with van der Waals surface area (Å²) in [5, 5.41) is 0. The maximum absolute atomic E-state index is 11.5. The molecule has 6 heteroatoms. The lowest BCUT2D eigenvalue weighted by atomic mass is 10.3. The van der Waals surface area contributed by atoms with Gasteiger partial charge in [-0.05, 0) is 19.9 Å². The third kappa shape index (κ3) is 2.88. The molecule has 82 valence electrons. The lowest BCUT2D eigenvalue weighted by Crippen LogP contribution is -2.33. The highest BCUT2D eigenvalue weighted by molar-refractivity contribution is 5.75. The topological polar surface area (TPSA) is 90.0 Å². The molecule has 0 atom stereocenters. The van der Waals surface area contributed by atoms with Crippen LogP contribution in [0.3, 0.4) is 0 Å². The van der Waals surface area contributed by atoms with Crippen LogP contribution < -0.4 is 17.0 Å². The standard InChI is InChI=1S/C9H14N4O2/c1-6-5-7(2)13(9(15)11-6)4-3-8(14)12-10/h5H,3-4,10H2,1-2H3,(H,12,14). The molecule has 0 fully saturated rings. The van der Waals surface area contributed by atoms with Gasteiger partial charge in [0.1, 0.15) is 0 Å². The number of rotatable bonds is 3. The SMILES string of the molecule is Cc1cc(C)n(CCC(=O)NN)c(=O)n1. The average Bonchev–Trinajstić information content (AvgIpc) is 2.15. The van der Waals surface area contributed by atoms with E-state index in [1.165, 1.54) is 4.57 Å². The van der Waals surface area contributed by atoms with E-state index in [2.05, 4.69) is 4.98 Å². The first-order valence-electron chi connectivity index (χ1n) is 4.59. The second-order valence-electron chi connectivity index (χ2n) is 3.29. The molecule has 1 rings (SSSR count). The first-order valence-corrected chi connectivity index (χ1v) is 4.59. The van der Waals surface area contributed by atoms with E-state index in [4.69, 9.17) is 5.84 Å². The summed E-state index contributed by atoms with van der Waals surface area (Å²) >= 11 is 0. The number of carbonyl (C=O) groups is 1. The molecule has 1 amide bonds. The van der Waals surface area contributed by atoms with Crippen molar-refractivity contribution in [2.75, 3.05) is 0 Å². The largest absolute Gasteiger partial charge is 0.347 e. The summed E-state index contributed by atoms with van der Waals surface area (Å²) in [6.07, 6.45) is 0.169. The number of nitrogens with zero attached hydrogens (tertiary/aromatic N) is 2. The highest BCUT2D eigenvalue weighted by Crippen LogP contribution is 1.97. The zero-order valence-corrected chi connectivity index (χ0v) is 8.78. The molecule has 0 unspecified atom stereocenters. The molecule has 0 aliphatic rings. The molecule has 0 aromatic carbocycles. The van der Waals surface area contributed by atoms with E-state index < -0.39 is 0 Å². The van der Waals surface area contributed by atoms with Gasteiger partial charge in [0, 0.05) is 24.4 Å². The molecule has 3 N–H and O–H groups in total. The van der Waals surface area contributed by atoms with Gasteiger partial charge >= 0.3 is 5.69 Å². The summed E-state index contributed by atoms with van der Waals surface area (Å²) in [5.74, 6) is 4.63. The van der Waals surface area contributed by atoms with Gasteiger partial charge in [0.05, 0.1) is 0 Å². The predicted octanol–water partition coefficient (Wildman–Crippen LogP) is -0.760. The van der Waals surface area contributed by atoms with Crippen LogP contribution in [0.15, 0.2) is 10.9 Å². The van der Waals surface area contributed by atoms with Gasteiger partial charge in [0.15, 0.2) is 0 Å². The average molecular weight is 210 g/mol. The van der Waals surface area contributed by atoms with Crippen molar-refractivity contribution >= 4 is 5.91 Å². The Morgan fingerprint density at radius 2 is 2.27 bits per heavy atom. The smallest absolute Gasteiger partial charge is 0.296 e. The quantitative estimate of drug-likeness (QED) is 0.390. The van der Waals surface area contributed by atoms with Crippen LogP contribution in [0.4, 0.5) is 0 Å². The van der Waals surface area contributed by atoms with E-state index in [1.54, 1.807) is 19.9 Å². The summed E-state index contributed by atoms with van der Waals surface area (Å²) in [7, 11) is 0. The summed E-state index contributed by atoms with van der Waals surface area (Å²) in [6.45, 7) is 3.85. The first-order chi connectivity index (χ1) is 7.04. The molecule has 0 spiro atoms. The van der Waals surface area contributed by atoms with Crippen molar-refractivity contribution in [3.63, 3.8) is 0 Å². The fourth-order valence-corrected chi connectivity index (χ4v) is 1.33. The Balaban J connectivity index is 2.86. The molecular formula is C9H14N4O2. The fraction of sp³-hybridized carbons (Fsp3) is 0.444. The van der Waals surface area contributed by atoms with Crippen LogP contribution in [-0.4, -0.2) is 15.5 Å². The Morgan fingerprint density at radius 3 is 2.80 bits per heavy atom. The highest BCUT2D eigenvalue weighted by Gasteiger charge is 2.05. The summed E-state index contributed by atoms with van der Waals surface area (Å²) in [5.41, 5.74) is 3.14. The Bertz CT molecular complexity index is 425. The maximum atomic E-state index is 11.5. The van der Waals surface area contributed by atoms with Crippen LogP contribution in [0.5, 0.6) is 0 Å². The molecule has 1 heterocycles. The Kier molecular flexibility index (Phi) is 3.56. The van der Waals surface area contributed by atoms with Gasteiger partial charge in [0.2, 0.25) is 5.91 Å². The van der Waals surface area contributed by atoms with Crippen LogP contribution in [-0.2, 0) is 11.3 Å². The van der Waals surface area contributed by atoms with Crippen molar-refractivity contribution in [3.05, 3.63) is 27.9 Å². The Hall–Kier alpha value is -1.69. The number of hydrazine groups is 1. The third-order valence-electron chi connectivity index (χ3n) is 2.07. The lowest BCUT2D eigenvalue weighted by Gasteiger charge is -2.08. The molecular weight excluding hydrogens is 196 g/mol. The van der Waals surface area contributed by atoms with Crippen LogP contribution in [0.2, 0.25) is 0 Å². The minimum Gasteiger partial charge on any atom is -0.296 e. The number of aryl methyl sites for hydroxylation is 2. The molecule has 0 aliphatic carbocycles. The van der Waals surface area contributed by atoms with Gasteiger partial charge in [-0.15, -0.1) is 0 Å². The molecule has 0 saturated heterocycles. The summed E-state index contributed by atoms with van der Waals surface area (Å²) in [6, 6.07) is 1.79. The van der Waals surface area contributed by atoms with Crippen LogP contribution >= 0.6 is 0 Å². The second kappa shape index (κ2) is 4.70. The number of carbonyl (C=O) groups excluding carboxylic acids is 1. The molecule has 0 radical (unpaired) electrons. The molecule has 6 nitrogen and oxygen atoms in total. The van der Waals surface area contributed by atoms with Crippen molar-refractivity contribution in [2.24, 2.45) is 5.84 Å². The van der Waals surface area contributed by atoms with Crippen molar-refractivity contribution < 1.29 is 4.79 Å². The number of nitrogens with two attached hydrogens (primary N) is 1. The van der Waals surface area contributed by atoms with Gasteiger partial charge in [-0.25, -0.2) is 10.6 Å². The van der Waals surface area contributed by atoms with E-state index in [-0.39, 0.29) is 18.0 Å². The zero-order chi connectivity index (χ0) is 11.4. The number of hydrogen-bond donors (Lipinski definition) is 2. The van der Waals surface area contributed by atoms with Crippen molar-refractivity contribution in [1.29, 1.82) is 0 Å². The first kappa shape index (κ1) is 11.4. The Morgan fingerprint density at radius 1 is 1.60 bits per heavy atom. The highest BCUT2D eigenvalue weighted by atomic mass is 16.2. The molecule has 0 aliphatic heterocycles. The van der Waals surface area contributed by atoms with E-state index in [1.807, 2.05) is 5.43 Å². The van der Waals surface area contributed by atoms with Gasteiger partial charge < -0.3 is 0 Å². The molecule has 15 heavy (non-hydrogen) atoms. The zero-order valence-electron chi connectivity index (χ0n) is 8.78. The van der Waals surface area contributed by atoms with Gasteiger partial charge in [-0.2, -0.15) is 4.98 Å². The number of nitrogens with one attached hydrogen (secondary N) is 1. The molecule has 1 aromatic rings. The van der Waals surface area contributed by atoms with Crippen LogP contribution in [0.1, 0.15) is 17.8 Å². The van der Waals surface area contributed by atoms with Gasteiger partial charge in [-0.1, -0.05) is 0 Å². The molecule has 1 aromatic heterocycles. The van der Waals surface area contributed by atoms with Gasteiger partial charge in [-0.3, -0.25) is 14.8 Å². The van der Waals surface area contributed by atoms with E-state index in [0.717, 1.165) is 5.69 Å². The maximum Gasteiger partial charge on any atom is 0.347 e. The number of hydrogen-bond acceptors (Lipinski definition) is 4. The van der Waals surface area contributed by atoms with Gasteiger partial charge in [0.25, 0.3) is 0 Å². The molecule has 0 bridgehead atoms. The lowest BCUT2D eigenvalue weighted by molar-refractivity contribution is -0.121. The third-order valence-corrected chi connectivity index (χ3v) is 2.07. The number of amides is 1. The van der Waals surface area contributed by atoms with Crippen molar-refractivity contribution in [1.82, 2.24) is 15.0 Å². The van der Waals surface area contributed by atoms with Crippen molar-refractivity contribution in [2.45, 2.75) is 26.8 Å². The van der Waals surface area contributed by atoms with E-state index in [0.29, 0.717) is 12.2 Å². The van der Waals surface area contributed by atoms with E-state index >= 15 is 0 Å². The summed E-state index contributed by atoms with van der Waals surface area (Å²) < 4.78 is 1.45. The number of aromatic nitrogens is 2. The fourth-order valence-electron chi connectivity index (χ4n) is 1.33. The Labute approximate surface area is 87.1 Å². The van der Waals surface area contributed by atoms with Crippen LogP contribution in [0.25, 0.3) is 0 Å². The predicted molar refractivity (Wildman–Crippen MR) is 54.9 cm³/mol. The molecule has 0 saturated carbocycles. The monoisotopic (exact) mass is 210 g/mol. The van der Waals surface area contributed by atoms with E-state index in [9.17, 15) is 9.59 Å². The van der Waals surface area contributed by atoms with Crippen LogP contribution in [0, 0.1) is 13.8 Å². The summed E-state index contributed by atoms with van der Waals surface area (Å²) in [4.78, 5) is 26.1. The van der Waals surface area contributed by atoms with Crippen molar-refractivity contribution in [3.8, 4) is 0 Å².